The van der Waals surface area contributed by atoms with Gasteiger partial charge in [-0.1, -0.05) is 78.9 Å². The van der Waals surface area contributed by atoms with Crippen LogP contribution in [0.3, 0.4) is 0 Å². The molecule has 4 rings (SSSR count). The SMILES string of the molecule is N[C@@H](CNC(=O)OCC1c2ccccc2-c2ccccc21)C(=O)OCc1ccccc1. The van der Waals surface area contributed by atoms with Gasteiger partial charge in [-0.15, -0.1) is 0 Å². The summed E-state index contributed by atoms with van der Waals surface area (Å²) in [4.78, 5) is 24.2. The third-order valence-corrected chi connectivity index (χ3v) is 5.34. The van der Waals surface area contributed by atoms with E-state index in [0.29, 0.717) is 0 Å². The van der Waals surface area contributed by atoms with E-state index in [1.807, 2.05) is 54.6 Å². The number of nitrogens with one attached hydrogen (secondary N) is 1. The van der Waals surface area contributed by atoms with Gasteiger partial charge in [0, 0.05) is 12.5 Å². The molecule has 31 heavy (non-hydrogen) atoms. The zero-order valence-corrected chi connectivity index (χ0v) is 17.0. The van der Waals surface area contributed by atoms with Crippen LogP contribution in [-0.2, 0) is 20.9 Å². The first-order valence-electron chi connectivity index (χ1n) is 10.2. The van der Waals surface area contributed by atoms with Crippen LogP contribution in [0.1, 0.15) is 22.6 Å². The summed E-state index contributed by atoms with van der Waals surface area (Å²) in [7, 11) is 0. The number of hydrogen-bond donors (Lipinski definition) is 2. The molecule has 3 aromatic carbocycles. The zero-order valence-electron chi connectivity index (χ0n) is 17.0. The van der Waals surface area contributed by atoms with Crippen molar-refractivity contribution in [1.82, 2.24) is 5.32 Å². The maximum absolute atomic E-state index is 12.2. The number of fused-ring (bicyclic) bond motifs is 3. The first-order valence-corrected chi connectivity index (χ1v) is 10.2. The number of rotatable bonds is 7. The van der Waals surface area contributed by atoms with Gasteiger partial charge in [-0.05, 0) is 27.8 Å². The summed E-state index contributed by atoms with van der Waals surface area (Å²) in [6.45, 7) is 0.274. The Kier molecular flexibility index (Phi) is 6.29. The fourth-order valence-electron chi connectivity index (χ4n) is 3.76. The Morgan fingerprint density at radius 2 is 1.42 bits per heavy atom. The first kappa shape index (κ1) is 20.6. The zero-order chi connectivity index (χ0) is 21.6. The highest BCUT2D eigenvalue weighted by molar-refractivity contribution is 5.79. The molecule has 0 radical (unpaired) electrons. The van der Waals surface area contributed by atoms with Crippen LogP contribution in [0.15, 0.2) is 78.9 Å². The van der Waals surface area contributed by atoms with Gasteiger partial charge < -0.3 is 20.5 Å². The van der Waals surface area contributed by atoms with Crippen molar-refractivity contribution in [3.05, 3.63) is 95.6 Å². The molecule has 1 amide bonds. The van der Waals surface area contributed by atoms with Crippen LogP contribution in [0.4, 0.5) is 4.79 Å². The fourth-order valence-corrected chi connectivity index (χ4v) is 3.76. The largest absolute Gasteiger partial charge is 0.460 e. The number of carbonyl (C=O) groups excluding carboxylic acids is 2. The van der Waals surface area contributed by atoms with Gasteiger partial charge in [0.2, 0.25) is 0 Å². The van der Waals surface area contributed by atoms with E-state index in [2.05, 4.69) is 29.6 Å². The number of nitrogens with two attached hydrogens (primary N) is 1. The molecule has 6 nitrogen and oxygen atoms in total. The lowest BCUT2D eigenvalue weighted by Gasteiger charge is -2.16. The molecule has 0 saturated carbocycles. The Balaban J connectivity index is 1.26. The fraction of sp³-hybridized carbons (Fsp3) is 0.200. The minimum atomic E-state index is -0.968. The summed E-state index contributed by atoms with van der Waals surface area (Å²) < 4.78 is 10.6. The lowest BCUT2D eigenvalue weighted by molar-refractivity contribution is -0.146. The Morgan fingerprint density at radius 1 is 0.839 bits per heavy atom. The third-order valence-electron chi connectivity index (χ3n) is 5.34. The molecule has 6 heteroatoms. The van der Waals surface area contributed by atoms with Gasteiger partial charge in [0.1, 0.15) is 19.3 Å². The van der Waals surface area contributed by atoms with E-state index in [1.165, 1.54) is 0 Å². The van der Waals surface area contributed by atoms with E-state index in [0.717, 1.165) is 27.8 Å². The van der Waals surface area contributed by atoms with Gasteiger partial charge in [0.15, 0.2) is 0 Å². The van der Waals surface area contributed by atoms with Crippen LogP contribution in [-0.4, -0.2) is 31.3 Å². The molecule has 0 spiro atoms. The number of esters is 1. The smallest absolute Gasteiger partial charge is 0.407 e. The molecule has 0 aliphatic heterocycles. The Bertz CT molecular complexity index is 1020. The van der Waals surface area contributed by atoms with Crippen LogP contribution in [0.25, 0.3) is 11.1 Å². The van der Waals surface area contributed by atoms with E-state index < -0.39 is 18.1 Å². The molecule has 0 heterocycles. The summed E-state index contributed by atoms with van der Waals surface area (Å²) in [5.74, 6) is -0.606. The average molecular weight is 416 g/mol. The molecular formula is C25H24N2O4. The number of benzene rings is 3. The van der Waals surface area contributed by atoms with Gasteiger partial charge in [-0.25, -0.2) is 4.79 Å². The second kappa shape index (κ2) is 9.45. The molecule has 0 aromatic heterocycles. The minimum absolute atomic E-state index is 0.0253. The van der Waals surface area contributed by atoms with Crippen LogP contribution >= 0.6 is 0 Å². The number of amides is 1. The summed E-state index contributed by atoms with van der Waals surface area (Å²) in [5.41, 5.74) is 11.3. The summed E-state index contributed by atoms with van der Waals surface area (Å²) in [6, 6.07) is 24.6. The van der Waals surface area contributed by atoms with Crippen molar-refractivity contribution < 1.29 is 19.1 Å². The van der Waals surface area contributed by atoms with E-state index in [9.17, 15) is 9.59 Å². The van der Waals surface area contributed by atoms with Gasteiger partial charge >= 0.3 is 12.1 Å². The molecule has 158 valence electrons. The number of ether oxygens (including phenoxy) is 2. The minimum Gasteiger partial charge on any atom is -0.460 e. The lowest BCUT2D eigenvalue weighted by Crippen LogP contribution is -2.43. The maximum atomic E-state index is 12.2. The van der Waals surface area contributed by atoms with Crippen molar-refractivity contribution in [1.29, 1.82) is 0 Å². The van der Waals surface area contributed by atoms with E-state index in [-0.39, 0.29) is 25.7 Å². The number of carbonyl (C=O) groups is 2. The van der Waals surface area contributed by atoms with Gasteiger partial charge in [0.25, 0.3) is 0 Å². The van der Waals surface area contributed by atoms with Crippen molar-refractivity contribution in [2.75, 3.05) is 13.2 Å². The molecule has 1 aliphatic rings. The molecule has 1 atom stereocenters. The van der Waals surface area contributed by atoms with E-state index in [1.54, 1.807) is 0 Å². The first-order chi connectivity index (χ1) is 15.1. The molecular weight excluding hydrogens is 392 g/mol. The van der Waals surface area contributed by atoms with Crippen LogP contribution in [0, 0.1) is 0 Å². The van der Waals surface area contributed by atoms with Crippen molar-refractivity contribution >= 4 is 12.1 Å². The maximum Gasteiger partial charge on any atom is 0.407 e. The van der Waals surface area contributed by atoms with Crippen molar-refractivity contribution in [3.8, 4) is 11.1 Å². The normalized spacial score (nSPS) is 13.1. The van der Waals surface area contributed by atoms with Crippen molar-refractivity contribution in [3.63, 3.8) is 0 Å². The topological polar surface area (TPSA) is 90.6 Å². The van der Waals surface area contributed by atoms with E-state index in [4.69, 9.17) is 15.2 Å². The van der Waals surface area contributed by atoms with Crippen molar-refractivity contribution in [2.45, 2.75) is 18.6 Å². The highest BCUT2D eigenvalue weighted by Gasteiger charge is 2.29. The van der Waals surface area contributed by atoms with Crippen LogP contribution < -0.4 is 11.1 Å². The monoisotopic (exact) mass is 416 g/mol. The molecule has 3 N–H and O–H groups in total. The van der Waals surface area contributed by atoms with Gasteiger partial charge in [-0.3, -0.25) is 4.79 Å². The Hall–Kier alpha value is -3.64. The highest BCUT2D eigenvalue weighted by Crippen LogP contribution is 2.44. The standard InChI is InChI=1S/C25H24N2O4/c26-23(24(28)30-15-17-8-2-1-3-9-17)14-27-25(29)31-16-22-20-12-6-4-10-18(20)19-11-5-7-13-21(19)22/h1-13,22-23H,14-16,26H2,(H,27,29)/t23-/m0/s1. The molecule has 0 unspecified atom stereocenters. The summed E-state index contributed by atoms with van der Waals surface area (Å²) in [6.07, 6.45) is -0.617. The quantitative estimate of drug-likeness (QED) is 0.575. The van der Waals surface area contributed by atoms with E-state index >= 15 is 0 Å². The third kappa shape index (κ3) is 4.75. The molecule has 3 aromatic rings. The Morgan fingerprint density at radius 3 is 2.06 bits per heavy atom. The summed E-state index contributed by atoms with van der Waals surface area (Å²) in [5, 5.41) is 2.55. The predicted molar refractivity (Wildman–Crippen MR) is 117 cm³/mol. The molecule has 0 saturated heterocycles. The Labute approximate surface area is 181 Å². The highest BCUT2D eigenvalue weighted by atomic mass is 16.5. The predicted octanol–water partition coefficient (Wildman–Crippen LogP) is 3.60. The summed E-state index contributed by atoms with van der Waals surface area (Å²) >= 11 is 0. The van der Waals surface area contributed by atoms with Gasteiger partial charge in [-0.2, -0.15) is 0 Å². The molecule has 0 bridgehead atoms. The van der Waals surface area contributed by atoms with Gasteiger partial charge in [0.05, 0.1) is 0 Å². The van der Waals surface area contributed by atoms with Crippen LogP contribution in [0.5, 0.6) is 0 Å². The molecule has 1 aliphatic carbocycles. The number of alkyl carbamates (subject to hydrolysis) is 1. The second-order valence-electron chi connectivity index (χ2n) is 7.41. The lowest BCUT2D eigenvalue weighted by atomic mass is 9.98. The number of hydrogen-bond acceptors (Lipinski definition) is 5. The van der Waals surface area contributed by atoms with Crippen LogP contribution in [0.2, 0.25) is 0 Å². The van der Waals surface area contributed by atoms with Crippen molar-refractivity contribution in [2.24, 2.45) is 5.73 Å². The average Bonchev–Trinajstić information content (AvgIpc) is 3.14. The molecule has 0 fully saturated rings. The second-order valence-corrected chi connectivity index (χ2v) is 7.41.